The van der Waals surface area contributed by atoms with Gasteiger partial charge in [0.25, 0.3) is 0 Å². The summed E-state index contributed by atoms with van der Waals surface area (Å²) in [6.45, 7) is 3.45. The fourth-order valence-electron chi connectivity index (χ4n) is 2.52. The second-order valence-electron chi connectivity index (χ2n) is 4.86. The van der Waals surface area contributed by atoms with Crippen molar-refractivity contribution in [2.45, 2.75) is 25.3 Å². The monoisotopic (exact) mass is 256 g/mol. The SMILES string of the molecule is O=C(O)C1COCC(=O)N1CCN1CCCCC1. The maximum Gasteiger partial charge on any atom is 0.328 e. The van der Waals surface area contributed by atoms with Gasteiger partial charge in [-0.3, -0.25) is 4.79 Å². The summed E-state index contributed by atoms with van der Waals surface area (Å²) in [5, 5.41) is 9.08. The van der Waals surface area contributed by atoms with E-state index in [0.717, 1.165) is 19.6 Å². The Labute approximate surface area is 106 Å². The van der Waals surface area contributed by atoms with Crippen LogP contribution in [0.2, 0.25) is 0 Å². The first-order valence-corrected chi connectivity index (χ1v) is 6.51. The van der Waals surface area contributed by atoms with E-state index in [9.17, 15) is 9.59 Å². The van der Waals surface area contributed by atoms with Crippen LogP contribution in [0.4, 0.5) is 0 Å². The Balaban J connectivity index is 1.87. The van der Waals surface area contributed by atoms with Gasteiger partial charge in [0.05, 0.1) is 6.61 Å². The average molecular weight is 256 g/mol. The number of likely N-dealkylation sites (tertiary alicyclic amines) is 1. The molecule has 6 nitrogen and oxygen atoms in total. The number of aliphatic carboxylic acids is 1. The summed E-state index contributed by atoms with van der Waals surface area (Å²) >= 11 is 0. The number of amides is 1. The third-order valence-electron chi connectivity index (χ3n) is 3.59. The summed E-state index contributed by atoms with van der Waals surface area (Å²) < 4.78 is 4.99. The first kappa shape index (κ1) is 13.3. The van der Waals surface area contributed by atoms with Crippen LogP contribution < -0.4 is 0 Å². The highest BCUT2D eigenvalue weighted by molar-refractivity contribution is 5.85. The van der Waals surface area contributed by atoms with E-state index in [4.69, 9.17) is 9.84 Å². The Bertz CT molecular complexity index is 315. The van der Waals surface area contributed by atoms with E-state index in [-0.39, 0.29) is 19.1 Å². The number of carbonyl (C=O) groups excluding carboxylic acids is 1. The number of morpholine rings is 1. The van der Waals surface area contributed by atoms with Gasteiger partial charge >= 0.3 is 5.97 Å². The van der Waals surface area contributed by atoms with Gasteiger partial charge in [-0.05, 0) is 25.9 Å². The number of rotatable bonds is 4. The van der Waals surface area contributed by atoms with E-state index in [0.29, 0.717) is 6.54 Å². The van der Waals surface area contributed by atoms with Gasteiger partial charge in [0.1, 0.15) is 6.61 Å². The summed E-state index contributed by atoms with van der Waals surface area (Å²) in [6.07, 6.45) is 3.66. The van der Waals surface area contributed by atoms with Crippen LogP contribution in [-0.4, -0.2) is 72.2 Å². The summed E-state index contributed by atoms with van der Waals surface area (Å²) in [6, 6.07) is -0.823. The molecule has 102 valence electrons. The lowest BCUT2D eigenvalue weighted by atomic mass is 10.1. The van der Waals surface area contributed by atoms with Gasteiger partial charge in [0, 0.05) is 13.1 Å². The lowest BCUT2D eigenvalue weighted by Crippen LogP contribution is -2.55. The molecule has 1 amide bonds. The Hall–Kier alpha value is -1.14. The maximum absolute atomic E-state index is 11.7. The molecular weight excluding hydrogens is 236 g/mol. The molecule has 6 heteroatoms. The van der Waals surface area contributed by atoms with E-state index in [1.807, 2.05) is 0 Å². The van der Waals surface area contributed by atoms with Crippen molar-refractivity contribution < 1.29 is 19.4 Å². The Morgan fingerprint density at radius 2 is 2.00 bits per heavy atom. The molecule has 18 heavy (non-hydrogen) atoms. The number of nitrogens with zero attached hydrogens (tertiary/aromatic N) is 2. The molecule has 2 aliphatic heterocycles. The van der Waals surface area contributed by atoms with Crippen molar-refractivity contribution in [3.05, 3.63) is 0 Å². The topological polar surface area (TPSA) is 70.1 Å². The van der Waals surface area contributed by atoms with Gasteiger partial charge in [-0.15, -0.1) is 0 Å². The molecule has 1 unspecified atom stereocenters. The molecule has 2 rings (SSSR count). The molecule has 2 saturated heterocycles. The highest BCUT2D eigenvalue weighted by atomic mass is 16.5. The fraction of sp³-hybridized carbons (Fsp3) is 0.833. The number of hydrogen-bond donors (Lipinski definition) is 1. The van der Waals surface area contributed by atoms with Crippen LogP contribution in [0.3, 0.4) is 0 Å². The quantitative estimate of drug-likeness (QED) is 0.753. The highest BCUT2D eigenvalue weighted by Crippen LogP contribution is 2.11. The minimum Gasteiger partial charge on any atom is -0.480 e. The van der Waals surface area contributed by atoms with Crippen LogP contribution >= 0.6 is 0 Å². The lowest BCUT2D eigenvalue weighted by Gasteiger charge is -2.35. The van der Waals surface area contributed by atoms with Gasteiger partial charge in [-0.25, -0.2) is 4.79 Å². The number of carboxylic acid groups (broad SMARTS) is 1. The third-order valence-corrected chi connectivity index (χ3v) is 3.59. The van der Waals surface area contributed by atoms with Gasteiger partial charge in [0.15, 0.2) is 6.04 Å². The van der Waals surface area contributed by atoms with Crippen molar-refractivity contribution in [1.29, 1.82) is 0 Å². The lowest BCUT2D eigenvalue weighted by molar-refractivity contribution is -0.162. The maximum atomic E-state index is 11.7. The number of carboxylic acids is 1. The molecule has 1 atom stereocenters. The zero-order chi connectivity index (χ0) is 13.0. The molecule has 0 aromatic heterocycles. The van der Waals surface area contributed by atoms with E-state index < -0.39 is 12.0 Å². The van der Waals surface area contributed by atoms with Crippen molar-refractivity contribution in [2.75, 3.05) is 39.4 Å². The molecular formula is C12H20N2O4. The first-order valence-electron chi connectivity index (χ1n) is 6.51. The minimum absolute atomic E-state index is 0.00375. The van der Waals surface area contributed by atoms with Crippen LogP contribution in [0.25, 0.3) is 0 Å². The fourth-order valence-corrected chi connectivity index (χ4v) is 2.52. The molecule has 2 aliphatic rings. The van der Waals surface area contributed by atoms with Gasteiger partial charge in [-0.1, -0.05) is 6.42 Å². The van der Waals surface area contributed by atoms with Crippen molar-refractivity contribution in [2.24, 2.45) is 0 Å². The van der Waals surface area contributed by atoms with Crippen molar-refractivity contribution in [3.63, 3.8) is 0 Å². The normalized spacial score (nSPS) is 26.3. The Morgan fingerprint density at radius 1 is 1.28 bits per heavy atom. The van der Waals surface area contributed by atoms with E-state index in [1.54, 1.807) is 0 Å². The van der Waals surface area contributed by atoms with E-state index in [1.165, 1.54) is 24.2 Å². The zero-order valence-corrected chi connectivity index (χ0v) is 10.5. The summed E-state index contributed by atoms with van der Waals surface area (Å²) in [5.41, 5.74) is 0. The summed E-state index contributed by atoms with van der Waals surface area (Å²) in [4.78, 5) is 26.5. The minimum atomic E-state index is -0.985. The predicted molar refractivity (Wildman–Crippen MR) is 64.2 cm³/mol. The molecule has 0 spiro atoms. The highest BCUT2D eigenvalue weighted by Gasteiger charge is 2.33. The molecule has 2 heterocycles. The standard InChI is InChI=1S/C12H20N2O4/c15-11-9-18-8-10(12(16)17)14(11)7-6-13-4-2-1-3-5-13/h10H,1-9H2,(H,16,17). The number of piperidine rings is 1. The summed E-state index contributed by atoms with van der Waals surface area (Å²) in [5.74, 6) is -1.20. The zero-order valence-electron chi connectivity index (χ0n) is 10.5. The van der Waals surface area contributed by atoms with Crippen molar-refractivity contribution in [3.8, 4) is 0 Å². The smallest absolute Gasteiger partial charge is 0.328 e. The number of hydrogen-bond acceptors (Lipinski definition) is 4. The first-order chi connectivity index (χ1) is 8.68. The molecule has 0 radical (unpaired) electrons. The molecule has 0 aromatic rings. The van der Waals surface area contributed by atoms with Crippen LogP contribution in [0, 0.1) is 0 Å². The van der Waals surface area contributed by atoms with Crippen LogP contribution in [0.5, 0.6) is 0 Å². The predicted octanol–water partition coefficient (Wildman–Crippen LogP) is -0.216. The third kappa shape index (κ3) is 3.20. The van der Waals surface area contributed by atoms with Gasteiger partial charge < -0.3 is 19.6 Å². The van der Waals surface area contributed by atoms with E-state index in [2.05, 4.69) is 4.90 Å². The molecule has 0 aromatic carbocycles. The van der Waals surface area contributed by atoms with E-state index >= 15 is 0 Å². The largest absolute Gasteiger partial charge is 0.480 e. The summed E-state index contributed by atoms with van der Waals surface area (Å²) in [7, 11) is 0. The molecule has 1 N–H and O–H groups in total. The number of carbonyl (C=O) groups is 2. The second kappa shape index (κ2) is 6.15. The van der Waals surface area contributed by atoms with Crippen molar-refractivity contribution >= 4 is 11.9 Å². The Kier molecular flexibility index (Phi) is 4.54. The van der Waals surface area contributed by atoms with Crippen LogP contribution in [0.1, 0.15) is 19.3 Å². The van der Waals surface area contributed by atoms with Crippen LogP contribution in [-0.2, 0) is 14.3 Å². The van der Waals surface area contributed by atoms with Gasteiger partial charge in [-0.2, -0.15) is 0 Å². The number of ether oxygens (including phenoxy) is 1. The van der Waals surface area contributed by atoms with Gasteiger partial charge in [0.2, 0.25) is 5.91 Å². The Morgan fingerprint density at radius 3 is 2.67 bits per heavy atom. The average Bonchev–Trinajstić information content (AvgIpc) is 2.38. The molecule has 0 aliphatic carbocycles. The molecule has 0 bridgehead atoms. The molecule has 0 saturated carbocycles. The van der Waals surface area contributed by atoms with Crippen molar-refractivity contribution in [1.82, 2.24) is 9.80 Å². The molecule has 2 fully saturated rings. The van der Waals surface area contributed by atoms with Crippen LogP contribution in [0.15, 0.2) is 0 Å². The second-order valence-corrected chi connectivity index (χ2v) is 4.86.